The summed E-state index contributed by atoms with van der Waals surface area (Å²) in [6.07, 6.45) is 4.92. The number of halogens is 1. The van der Waals surface area contributed by atoms with E-state index in [4.69, 9.17) is 4.74 Å². The Balaban J connectivity index is 1.77. The average molecular weight is 355 g/mol. The summed E-state index contributed by atoms with van der Waals surface area (Å²) in [4.78, 5) is 13.6. The van der Waals surface area contributed by atoms with Crippen LogP contribution in [0.25, 0.3) is 5.52 Å². The monoisotopic (exact) mass is 355 g/mol. The lowest BCUT2D eigenvalue weighted by Gasteiger charge is -2.28. The van der Waals surface area contributed by atoms with Gasteiger partial charge in [-0.15, -0.1) is 0 Å². The number of carboxylic acids is 1. The first-order valence-corrected chi connectivity index (χ1v) is 8.39. The molecule has 7 heteroatoms. The third kappa shape index (κ3) is 2.65. The molecule has 6 nitrogen and oxygen atoms in total. The van der Waals surface area contributed by atoms with Crippen LogP contribution >= 0.6 is 0 Å². The zero-order valence-corrected chi connectivity index (χ0v) is 14.2. The van der Waals surface area contributed by atoms with Crippen molar-refractivity contribution in [2.24, 2.45) is 0 Å². The van der Waals surface area contributed by atoms with E-state index in [1.54, 1.807) is 23.9 Å². The summed E-state index contributed by atoms with van der Waals surface area (Å²) in [5.41, 5.74) is 2.38. The number of methoxy groups -OCH3 is 1. The van der Waals surface area contributed by atoms with Gasteiger partial charge in [-0.05, 0) is 43.2 Å². The van der Waals surface area contributed by atoms with Gasteiger partial charge >= 0.3 is 5.97 Å². The zero-order chi connectivity index (χ0) is 18.3. The van der Waals surface area contributed by atoms with Crippen LogP contribution in [0.3, 0.4) is 0 Å². The first-order valence-electron chi connectivity index (χ1n) is 8.39. The molecule has 1 atom stereocenters. The maximum Gasteiger partial charge on any atom is 0.339 e. The molecule has 3 aromatic rings. The minimum absolute atomic E-state index is 0.0284. The molecule has 0 aliphatic carbocycles. The highest BCUT2D eigenvalue weighted by molar-refractivity contribution is 5.95. The molecule has 0 amide bonds. The molecule has 0 radical (unpaired) electrons. The lowest BCUT2D eigenvalue weighted by molar-refractivity contribution is 0.0699. The molecule has 1 fully saturated rings. The van der Waals surface area contributed by atoms with Crippen LogP contribution in [-0.4, -0.2) is 34.3 Å². The van der Waals surface area contributed by atoms with Gasteiger partial charge in [0.25, 0.3) is 0 Å². The van der Waals surface area contributed by atoms with E-state index in [0.717, 1.165) is 30.6 Å². The van der Waals surface area contributed by atoms with Crippen LogP contribution in [0.2, 0.25) is 0 Å². The fourth-order valence-corrected chi connectivity index (χ4v) is 3.68. The minimum atomic E-state index is -1.01. The molecule has 4 rings (SSSR count). The molecule has 1 aliphatic heterocycles. The molecule has 1 saturated heterocycles. The van der Waals surface area contributed by atoms with E-state index < -0.39 is 5.97 Å². The van der Waals surface area contributed by atoms with Crippen molar-refractivity contribution in [2.75, 3.05) is 18.6 Å². The van der Waals surface area contributed by atoms with Crippen molar-refractivity contribution < 1.29 is 19.0 Å². The fraction of sp³-hybridized carbons (Fsp3) is 0.263. The number of hydrogen-bond acceptors (Lipinski definition) is 4. The van der Waals surface area contributed by atoms with Crippen LogP contribution < -0.4 is 9.64 Å². The molecule has 134 valence electrons. The van der Waals surface area contributed by atoms with Crippen LogP contribution in [0.4, 0.5) is 10.1 Å². The smallest absolute Gasteiger partial charge is 0.339 e. The summed E-state index contributed by atoms with van der Waals surface area (Å²) in [7, 11) is 1.58. The van der Waals surface area contributed by atoms with Gasteiger partial charge < -0.3 is 14.7 Å². The molecule has 0 bridgehead atoms. The number of hydrogen-bond donors (Lipinski definition) is 1. The van der Waals surface area contributed by atoms with Crippen LogP contribution in [0.5, 0.6) is 5.75 Å². The van der Waals surface area contributed by atoms with Crippen molar-refractivity contribution in [1.29, 1.82) is 0 Å². The third-order valence-electron chi connectivity index (χ3n) is 4.87. The molecular formula is C19H18FN3O3. The summed E-state index contributed by atoms with van der Waals surface area (Å²) in [5, 5.41) is 13.4. The van der Waals surface area contributed by atoms with E-state index in [-0.39, 0.29) is 17.4 Å². The highest BCUT2D eigenvalue weighted by Crippen LogP contribution is 2.40. The predicted molar refractivity (Wildman–Crippen MR) is 94.4 cm³/mol. The van der Waals surface area contributed by atoms with E-state index in [2.05, 4.69) is 10.00 Å². The van der Waals surface area contributed by atoms with Gasteiger partial charge in [0.1, 0.15) is 17.1 Å². The van der Waals surface area contributed by atoms with E-state index in [1.807, 2.05) is 12.1 Å². The summed E-state index contributed by atoms with van der Waals surface area (Å²) < 4.78 is 20.8. The largest absolute Gasteiger partial charge is 0.496 e. The van der Waals surface area contributed by atoms with Gasteiger partial charge in [0.2, 0.25) is 0 Å². The van der Waals surface area contributed by atoms with E-state index in [9.17, 15) is 14.3 Å². The predicted octanol–water partition coefficient (Wildman–Crippen LogP) is 3.52. The number of rotatable bonds is 4. The fourth-order valence-electron chi connectivity index (χ4n) is 3.68. The number of fused-ring (bicyclic) bond motifs is 1. The summed E-state index contributed by atoms with van der Waals surface area (Å²) in [5.74, 6) is -0.658. The Labute approximate surface area is 149 Å². The van der Waals surface area contributed by atoms with Gasteiger partial charge in [0, 0.05) is 24.0 Å². The number of aromatic nitrogens is 2. The Morgan fingerprint density at radius 3 is 2.96 bits per heavy atom. The number of nitrogens with zero attached hydrogens (tertiary/aromatic N) is 3. The Bertz CT molecular complexity index is 985. The molecule has 1 N–H and O–H groups in total. The van der Waals surface area contributed by atoms with Gasteiger partial charge in [-0.3, -0.25) is 0 Å². The molecule has 2 aromatic heterocycles. The molecule has 26 heavy (non-hydrogen) atoms. The molecule has 1 aromatic carbocycles. The summed E-state index contributed by atoms with van der Waals surface area (Å²) in [6.45, 7) is 0.803. The maximum atomic E-state index is 13.8. The van der Waals surface area contributed by atoms with Crippen molar-refractivity contribution in [3.63, 3.8) is 0 Å². The lowest BCUT2D eigenvalue weighted by Crippen LogP contribution is -2.23. The summed E-state index contributed by atoms with van der Waals surface area (Å²) in [6, 6.07) is 8.24. The molecule has 0 spiro atoms. The van der Waals surface area contributed by atoms with Crippen LogP contribution in [0, 0.1) is 5.82 Å². The van der Waals surface area contributed by atoms with Gasteiger partial charge in [0.05, 0.1) is 24.9 Å². The van der Waals surface area contributed by atoms with Gasteiger partial charge in [-0.2, -0.15) is 5.10 Å². The Morgan fingerprint density at radius 2 is 2.19 bits per heavy atom. The van der Waals surface area contributed by atoms with Gasteiger partial charge in [-0.1, -0.05) is 0 Å². The van der Waals surface area contributed by atoms with Crippen molar-refractivity contribution in [1.82, 2.24) is 9.61 Å². The first-order chi connectivity index (χ1) is 12.6. The molecule has 1 aliphatic rings. The molecule has 0 saturated carbocycles. The molecule has 3 heterocycles. The van der Waals surface area contributed by atoms with Crippen molar-refractivity contribution in [3.8, 4) is 5.75 Å². The number of anilines is 1. The quantitative estimate of drug-likeness (QED) is 0.776. The SMILES string of the molecule is COc1ccc(F)cc1[C@H]1CCCN1c1ccn2ncc(C(=O)O)c2c1. The zero-order valence-electron chi connectivity index (χ0n) is 14.2. The number of carboxylic acid groups (broad SMARTS) is 1. The van der Waals surface area contributed by atoms with Gasteiger partial charge in [-0.25, -0.2) is 13.7 Å². The van der Waals surface area contributed by atoms with Gasteiger partial charge in [0.15, 0.2) is 0 Å². The second-order valence-electron chi connectivity index (χ2n) is 6.32. The first kappa shape index (κ1) is 16.4. The summed E-state index contributed by atoms with van der Waals surface area (Å²) >= 11 is 0. The Kier molecular flexibility index (Phi) is 3.99. The highest BCUT2D eigenvalue weighted by atomic mass is 19.1. The highest BCUT2D eigenvalue weighted by Gasteiger charge is 2.29. The van der Waals surface area contributed by atoms with Crippen LogP contribution in [0.15, 0.2) is 42.7 Å². The second-order valence-corrected chi connectivity index (χ2v) is 6.32. The van der Waals surface area contributed by atoms with Crippen molar-refractivity contribution >= 4 is 17.2 Å². The Morgan fingerprint density at radius 1 is 1.35 bits per heavy atom. The maximum absolute atomic E-state index is 13.8. The van der Waals surface area contributed by atoms with E-state index in [1.165, 1.54) is 18.3 Å². The normalized spacial score (nSPS) is 17.0. The number of pyridine rings is 1. The van der Waals surface area contributed by atoms with Crippen LogP contribution in [-0.2, 0) is 0 Å². The van der Waals surface area contributed by atoms with Crippen molar-refractivity contribution in [2.45, 2.75) is 18.9 Å². The Hall–Kier alpha value is -3.09. The van der Waals surface area contributed by atoms with Crippen molar-refractivity contribution in [3.05, 3.63) is 59.7 Å². The number of ether oxygens (including phenoxy) is 1. The number of carbonyl (C=O) groups is 1. The number of aromatic carboxylic acids is 1. The van der Waals surface area contributed by atoms with E-state index >= 15 is 0 Å². The second kappa shape index (κ2) is 6.33. The molecular weight excluding hydrogens is 337 g/mol. The van der Waals surface area contributed by atoms with E-state index in [0.29, 0.717) is 11.3 Å². The number of benzene rings is 1. The lowest BCUT2D eigenvalue weighted by atomic mass is 10.0. The topological polar surface area (TPSA) is 67.1 Å². The minimum Gasteiger partial charge on any atom is -0.496 e. The standard InChI is InChI=1S/C19H18FN3O3/c1-26-18-5-4-12(20)9-14(18)16-3-2-7-22(16)13-6-8-23-17(10-13)15(11-21-23)19(24)25/h4-6,8-11,16H,2-3,7H2,1H3,(H,24,25)/t16-/m1/s1. The third-order valence-corrected chi connectivity index (χ3v) is 4.87. The molecule has 0 unspecified atom stereocenters. The average Bonchev–Trinajstić information content (AvgIpc) is 3.28. The van der Waals surface area contributed by atoms with Crippen LogP contribution in [0.1, 0.15) is 34.8 Å².